The molecule has 1 aromatic heterocycles. The van der Waals surface area contributed by atoms with Crippen molar-refractivity contribution in [2.75, 3.05) is 39.3 Å². The molecule has 1 aromatic rings. The van der Waals surface area contributed by atoms with Gasteiger partial charge in [0.15, 0.2) is 0 Å². The summed E-state index contributed by atoms with van der Waals surface area (Å²) in [6.07, 6.45) is 10.9. The molecule has 3 heterocycles. The molecular formula is C24H31N5O2. The van der Waals surface area contributed by atoms with Crippen molar-refractivity contribution in [3.05, 3.63) is 35.4 Å². The van der Waals surface area contributed by atoms with E-state index in [1.807, 2.05) is 4.90 Å². The largest absolute Gasteiger partial charge is 0.340 e. The first-order chi connectivity index (χ1) is 15.1. The number of hydrogen-bond donors (Lipinski definition) is 0. The van der Waals surface area contributed by atoms with E-state index in [1.54, 1.807) is 12.3 Å². The molecule has 2 aliphatic carbocycles. The van der Waals surface area contributed by atoms with Crippen LogP contribution >= 0.6 is 0 Å². The predicted molar refractivity (Wildman–Crippen MR) is 117 cm³/mol. The highest BCUT2D eigenvalue weighted by Gasteiger charge is 2.50. The van der Waals surface area contributed by atoms with E-state index in [1.165, 1.54) is 25.5 Å². The van der Waals surface area contributed by atoms with Crippen LogP contribution < -0.4 is 0 Å². The van der Waals surface area contributed by atoms with Crippen molar-refractivity contribution in [3.63, 3.8) is 0 Å². The molecule has 7 nitrogen and oxygen atoms in total. The first kappa shape index (κ1) is 20.4. The summed E-state index contributed by atoms with van der Waals surface area (Å²) in [5.41, 5.74) is 0.995. The van der Waals surface area contributed by atoms with Gasteiger partial charge in [-0.3, -0.25) is 19.5 Å². The summed E-state index contributed by atoms with van der Waals surface area (Å²) >= 11 is 0. The fourth-order valence-electron chi connectivity index (χ4n) is 5.90. The molecule has 7 heteroatoms. The third-order valence-electron chi connectivity index (χ3n) is 8.19. The first-order valence-corrected chi connectivity index (χ1v) is 11.7. The molecule has 5 rings (SSSR count). The third kappa shape index (κ3) is 3.82. The van der Waals surface area contributed by atoms with Crippen molar-refractivity contribution in [3.8, 4) is 0 Å². The van der Waals surface area contributed by atoms with Gasteiger partial charge in [-0.1, -0.05) is 6.42 Å². The van der Waals surface area contributed by atoms with E-state index in [4.69, 9.17) is 6.57 Å². The Hall–Kier alpha value is -2.46. The zero-order chi connectivity index (χ0) is 21.4. The molecule has 4 fully saturated rings. The van der Waals surface area contributed by atoms with E-state index in [0.717, 1.165) is 57.9 Å². The summed E-state index contributed by atoms with van der Waals surface area (Å²) in [5.74, 6) is 0.460. The number of hydrogen-bond acceptors (Lipinski definition) is 4. The number of piperazine rings is 1. The molecular weight excluding hydrogens is 390 g/mol. The third-order valence-corrected chi connectivity index (χ3v) is 8.19. The zero-order valence-electron chi connectivity index (χ0n) is 18.1. The van der Waals surface area contributed by atoms with Crippen LogP contribution in [0.5, 0.6) is 0 Å². The topological polar surface area (TPSA) is 61.1 Å². The summed E-state index contributed by atoms with van der Waals surface area (Å²) in [6, 6.07) is 2.41. The van der Waals surface area contributed by atoms with E-state index in [2.05, 4.69) is 19.6 Å². The number of rotatable bonds is 3. The van der Waals surface area contributed by atoms with Crippen molar-refractivity contribution >= 4 is 17.5 Å². The molecule has 0 aromatic carbocycles. The second kappa shape index (κ2) is 8.23. The molecule has 0 N–H and O–H groups in total. The quantitative estimate of drug-likeness (QED) is 0.704. The van der Waals surface area contributed by atoms with Crippen LogP contribution in [0.25, 0.3) is 4.85 Å². The predicted octanol–water partition coefficient (Wildman–Crippen LogP) is 2.96. The van der Waals surface area contributed by atoms with E-state index in [9.17, 15) is 9.59 Å². The average molecular weight is 422 g/mol. The number of carbonyl (C=O) groups is 2. The molecule has 164 valence electrons. The van der Waals surface area contributed by atoms with Gasteiger partial charge in [-0.05, 0) is 50.0 Å². The van der Waals surface area contributed by atoms with E-state index >= 15 is 0 Å². The normalized spacial score (nSPS) is 24.4. The number of likely N-dealkylation sites (tertiary alicyclic amines) is 1. The molecule has 2 saturated heterocycles. The van der Waals surface area contributed by atoms with Crippen LogP contribution in [0.2, 0.25) is 0 Å². The number of nitrogens with zero attached hydrogens (tertiary/aromatic N) is 5. The van der Waals surface area contributed by atoms with Crippen molar-refractivity contribution in [2.24, 2.45) is 11.3 Å². The minimum absolute atomic E-state index is 0.0699. The number of pyridine rings is 1. The Morgan fingerprint density at radius 1 is 1.03 bits per heavy atom. The van der Waals surface area contributed by atoms with Gasteiger partial charge < -0.3 is 9.80 Å². The van der Waals surface area contributed by atoms with Gasteiger partial charge in [0.1, 0.15) is 0 Å². The van der Waals surface area contributed by atoms with Gasteiger partial charge in [0.05, 0.1) is 6.57 Å². The summed E-state index contributed by atoms with van der Waals surface area (Å²) in [4.78, 5) is 39.8. The highest BCUT2D eigenvalue weighted by molar-refractivity contribution is 5.99. The maximum atomic E-state index is 13.0. The average Bonchev–Trinajstić information content (AvgIpc) is 2.76. The van der Waals surface area contributed by atoms with Crippen LogP contribution in [0, 0.1) is 17.9 Å². The van der Waals surface area contributed by atoms with Crippen LogP contribution in [-0.4, -0.2) is 76.8 Å². The van der Waals surface area contributed by atoms with Crippen molar-refractivity contribution in [2.45, 2.75) is 51.0 Å². The van der Waals surface area contributed by atoms with Gasteiger partial charge in [0, 0.05) is 69.2 Å². The number of aromatic nitrogens is 1. The van der Waals surface area contributed by atoms with Gasteiger partial charge in [0.2, 0.25) is 17.5 Å². The summed E-state index contributed by atoms with van der Waals surface area (Å²) in [5, 5.41) is 0. The Labute approximate surface area is 184 Å². The monoisotopic (exact) mass is 421 g/mol. The molecule has 4 aliphatic rings. The minimum atomic E-state index is -0.0699. The molecule has 1 spiro atoms. The van der Waals surface area contributed by atoms with Crippen molar-refractivity contribution < 1.29 is 9.59 Å². The molecule has 0 unspecified atom stereocenters. The maximum absolute atomic E-state index is 13.0. The van der Waals surface area contributed by atoms with Crippen molar-refractivity contribution in [1.82, 2.24) is 19.7 Å². The summed E-state index contributed by atoms with van der Waals surface area (Å²) in [6.45, 7) is 12.5. The smallest absolute Gasteiger partial charge is 0.243 e. The van der Waals surface area contributed by atoms with E-state index in [-0.39, 0.29) is 17.2 Å². The summed E-state index contributed by atoms with van der Waals surface area (Å²) < 4.78 is 0. The molecule has 0 atom stereocenters. The first-order valence-electron chi connectivity index (χ1n) is 11.7. The van der Waals surface area contributed by atoms with Gasteiger partial charge >= 0.3 is 0 Å². The van der Waals surface area contributed by atoms with Crippen LogP contribution in [0.15, 0.2) is 18.5 Å². The minimum Gasteiger partial charge on any atom is -0.340 e. The lowest BCUT2D eigenvalue weighted by molar-refractivity contribution is -0.148. The highest BCUT2D eigenvalue weighted by Crippen LogP contribution is 2.53. The van der Waals surface area contributed by atoms with Gasteiger partial charge in [-0.2, -0.15) is 0 Å². The Morgan fingerprint density at radius 2 is 1.74 bits per heavy atom. The second-order valence-corrected chi connectivity index (χ2v) is 9.85. The summed E-state index contributed by atoms with van der Waals surface area (Å²) in [7, 11) is 0. The molecule has 2 amide bonds. The fourth-order valence-corrected chi connectivity index (χ4v) is 5.90. The second-order valence-electron chi connectivity index (χ2n) is 9.85. The Kier molecular flexibility index (Phi) is 5.43. The number of amides is 2. The van der Waals surface area contributed by atoms with Crippen LogP contribution in [0.1, 0.15) is 55.3 Å². The lowest BCUT2D eigenvalue weighted by atomic mass is 9.57. The zero-order valence-corrected chi connectivity index (χ0v) is 18.1. The van der Waals surface area contributed by atoms with E-state index in [0.29, 0.717) is 30.2 Å². The van der Waals surface area contributed by atoms with E-state index < -0.39 is 0 Å². The van der Waals surface area contributed by atoms with Crippen LogP contribution in [-0.2, 0) is 4.79 Å². The molecule has 2 saturated carbocycles. The molecule has 0 radical (unpaired) electrons. The number of piperidine rings is 1. The Balaban J connectivity index is 1.10. The molecule has 2 aliphatic heterocycles. The van der Waals surface area contributed by atoms with Gasteiger partial charge in [-0.15, -0.1) is 0 Å². The number of carbonyl (C=O) groups excluding carboxylic acids is 2. The lowest BCUT2D eigenvalue weighted by Crippen LogP contribution is -2.57. The molecule has 31 heavy (non-hydrogen) atoms. The van der Waals surface area contributed by atoms with Crippen molar-refractivity contribution in [1.29, 1.82) is 0 Å². The highest BCUT2D eigenvalue weighted by atomic mass is 16.2. The Morgan fingerprint density at radius 3 is 2.35 bits per heavy atom. The van der Waals surface area contributed by atoms with Crippen LogP contribution in [0.3, 0.4) is 0 Å². The lowest BCUT2D eigenvalue weighted by Gasteiger charge is -2.53. The molecule has 0 bridgehead atoms. The Bertz CT molecular complexity index is 881. The van der Waals surface area contributed by atoms with Gasteiger partial charge in [0.25, 0.3) is 0 Å². The fraction of sp³-hybridized carbons (Fsp3) is 0.667. The van der Waals surface area contributed by atoms with Gasteiger partial charge in [-0.25, -0.2) is 4.85 Å². The maximum Gasteiger partial charge on any atom is 0.243 e. The SMILES string of the molecule is [C-]#[N+]c1cnccc1C(=O)N1CCC2(CC1)CC(C(=O)N1CCN(C3CCC3)CC1)C2. The van der Waals surface area contributed by atoms with Crippen LogP contribution in [0.4, 0.5) is 5.69 Å². The standard InChI is InChI=1S/C24H31N5O2/c1-25-21-17-26-8-5-20(21)23(31)28-9-6-24(7-10-28)15-18(16-24)22(30)29-13-11-27(12-14-29)19-3-2-4-19/h5,8,17-19H,2-4,6-7,9-16H2.